The third kappa shape index (κ3) is 3.38. The monoisotopic (exact) mass is 380 g/mol. The van der Waals surface area contributed by atoms with Gasteiger partial charge in [-0.05, 0) is 37.6 Å². The Labute approximate surface area is 162 Å². The fraction of sp³-hybridized carbons (Fsp3) is 0.273. The minimum atomic E-state index is -0.367. The molecule has 2 aromatic carbocycles. The van der Waals surface area contributed by atoms with Gasteiger partial charge in [0.25, 0.3) is 5.91 Å². The Bertz CT molecular complexity index is 1050. The van der Waals surface area contributed by atoms with Gasteiger partial charge in [0.2, 0.25) is 0 Å². The van der Waals surface area contributed by atoms with Crippen LogP contribution in [0.4, 0.5) is 4.39 Å². The van der Waals surface area contributed by atoms with E-state index in [2.05, 4.69) is 4.98 Å². The molecule has 0 saturated carbocycles. The van der Waals surface area contributed by atoms with Gasteiger partial charge in [-0.15, -0.1) is 0 Å². The summed E-state index contributed by atoms with van der Waals surface area (Å²) in [6.45, 7) is 3.29. The first kappa shape index (κ1) is 18.2. The number of carbonyl (C=O) groups excluding carboxylic acids is 1. The summed E-state index contributed by atoms with van der Waals surface area (Å²) in [5.41, 5.74) is 2.60. The number of nitrogens with zero attached hydrogens (tertiary/aromatic N) is 2. The van der Waals surface area contributed by atoms with Crippen LogP contribution < -0.4 is 9.47 Å². The van der Waals surface area contributed by atoms with Gasteiger partial charge >= 0.3 is 0 Å². The number of hydrogen-bond acceptors (Lipinski definition) is 4. The number of halogens is 1. The molecule has 3 aromatic rings. The van der Waals surface area contributed by atoms with Gasteiger partial charge in [-0.1, -0.05) is 12.1 Å². The second-order valence-corrected chi connectivity index (χ2v) is 6.85. The first-order valence-corrected chi connectivity index (χ1v) is 9.21. The van der Waals surface area contributed by atoms with Gasteiger partial charge in [0, 0.05) is 35.8 Å². The highest BCUT2D eigenvalue weighted by atomic mass is 19.1. The fourth-order valence-electron chi connectivity index (χ4n) is 3.58. The number of rotatable bonds is 2. The molecule has 2 heterocycles. The van der Waals surface area contributed by atoms with Crippen molar-refractivity contribution in [2.45, 2.75) is 19.9 Å². The lowest BCUT2D eigenvalue weighted by atomic mass is 10.0. The fourth-order valence-corrected chi connectivity index (χ4v) is 3.58. The van der Waals surface area contributed by atoms with Gasteiger partial charge < -0.3 is 14.4 Å². The summed E-state index contributed by atoms with van der Waals surface area (Å²) in [7, 11) is 1.60. The predicted octanol–water partition coefficient (Wildman–Crippen LogP) is 4.12. The standard InChI is InChI=1S/C22H21FN2O3/c1-14-11-18(17-8-7-16(23)12-19(17)24-14)22(26)25-9-4-10-28-21-15(13-25)5-3-6-20(21)27-2/h3,5-8,11-12H,4,9-10,13H2,1-2H3. The average Bonchev–Trinajstić information content (AvgIpc) is 2.66. The average molecular weight is 380 g/mol. The molecule has 0 radical (unpaired) electrons. The van der Waals surface area contributed by atoms with Crippen molar-refractivity contribution in [1.82, 2.24) is 9.88 Å². The third-order valence-electron chi connectivity index (χ3n) is 4.88. The largest absolute Gasteiger partial charge is 0.493 e. The molecule has 144 valence electrons. The molecule has 4 rings (SSSR count). The lowest BCUT2D eigenvalue weighted by Crippen LogP contribution is -2.34. The number of aromatic nitrogens is 1. The van der Waals surface area contributed by atoms with Crippen molar-refractivity contribution in [2.24, 2.45) is 0 Å². The van der Waals surface area contributed by atoms with E-state index in [9.17, 15) is 9.18 Å². The van der Waals surface area contributed by atoms with Crippen LogP contribution in [0.2, 0.25) is 0 Å². The van der Waals surface area contributed by atoms with Gasteiger partial charge in [0.1, 0.15) is 5.82 Å². The molecular weight excluding hydrogens is 359 g/mol. The third-order valence-corrected chi connectivity index (χ3v) is 4.88. The van der Waals surface area contributed by atoms with Crippen LogP contribution in [0, 0.1) is 12.7 Å². The van der Waals surface area contributed by atoms with Crippen LogP contribution in [0.5, 0.6) is 11.5 Å². The Hall–Kier alpha value is -3.15. The molecule has 0 saturated heterocycles. The van der Waals surface area contributed by atoms with Gasteiger partial charge in [0.15, 0.2) is 11.5 Å². The lowest BCUT2D eigenvalue weighted by Gasteiger charge is -2.28. The molecule has 0 atom stereocenters. The molecule has 1 amide bonds. The highest BCUT2D eigenvalue weighted by Gasteiger charge is 2.23. The van der Waals surface area contributed by atoms with Crippen molar-refractivity contribution < 1.29 is 18.7 Å². The molecule has 0 fully saturated rings. The van der Waals surface area contributed by atoms with E-state index in [-0.39, 0.29) is 11.7 Å². The molecule has 0 N–H and O–H groups in total. The zero-order valence-corrected chi connectivity index (χ0v) is 15.9. The number of pyridine rings is 1. The van der Waals surface area contributed by atoms with Crippen LogP contribution >= 0.6 is 0 Å². The van der Waals surface area contributed by atoms with E-state index in [0.717, 1.165) is 5.56 Å². The zero-order valence-electron chi connectivity index (χ0n) is 15.9. The Balaban J connectivity index is 1.75. The Morgan fingerprint density at radius 1 is 1.25 bits per heavy atom. The van der Waals surface area contributed by atoms with Crippen molar-refractivity contribution >= 4 is 16.8 Å². The maximum atomic E-state index is 13.6. The highest BCUT2D eigenvalue weighted by molar-refractivity contribution is 6.06. The van der Waals surface area contributed by atoms with E-state index in [0.29, 0.717) is 59.8 Å². The summed E-state index contributed by atoms with van der Waals surface area (Å²) in [5, 5.41) is 0.654. The Kier molecular flexibility index (Phi) is 4.86. The second kappa shape index (κ2) is 7.46. The van der Waals surface area contributed by atoms with Crippen LogP contribution in [0.1, 0.15) is 28.0 Å². The van der Waals surface area contributed by atoms with Crippen molar-refractivity contribution in [3.8, 4) is 11.5 Å². The molecule has 1 aliphatic rings. The number of hydrogen-bond donors (Lipinski definition) is 0. The lowest BCUT2D eigenvalue weighted by molar-refractivity contribution is 0.0723. The van der Waals surface area contributed by atoms with Crippen LogP contribution in [0.25, 0.3) is 10.9 Å². The smallest absolute Gasteiger partial charge is 0.254 e. The predicted molar refractivity (Wildman–Crippen MR) is 104 cm³/mol. The van der Waals surface area contributed by atoms with Crippen LogP contribution in [0.15, 0.2) is 42.5 Å². The Morgan fingerprint density at radius 2 is 2.11 bits per heavy atom. The first-order chi connectivity index (χ1) is 13.6. The number of amides is 1. The zero-order chi connectivity index (χ0) is 19.7. The number of para-hydroxylation sites is 1. The van der Waals surface area contributed by atoms with Crippen molar-refractivity contribution in [2.75, 3.05) is 20.3 Å². The number of methoxy groups -OCH3 is 1. The number of ether oxygens (including phenoxy) is 2. The SMILES string of the molecule is COc1cccc2c1OCCCN(C(=O)c1cc(C)nc3cc(F)ccc13)C2. The molecule has 0 spiro atoms. The normalized spacial score (nSPS) is 14.0. The number of benzene rings is 2. The van der Waals surface area contributed by atoms with Gasteiger partial charge in [-0.25, -0.2) is 4.39 Å². The molecular formula is C22H21FN2O3. The highest BCUT2D eigenvalue weighted by Crippen LogP contribution is 2.33. The Morgan fingerprint density at radius 3 is 2.93 bits per heavy atom. The second-order valence-electron chi connectivity index (χ2n) is 6.85. The summed E-state index contributed by atoms with van der Waals surface area (Å²) in [6, 6.07) is 11.8. The number of aryl methyl sites for hydroxylation is 1. The molecule has 1 aliphatic heterocycles. The minimum absolute atomic E-state index is 0.0993. The van der Waals surface area contributed by atoms with E-state index in [4.69, 9.17) is 9.47 Å². The summed E-state index contributed by atoms with van der Waals surface area (Å²) in [6.07, 6.45) is 0.708. The number of fused-ring (bicyclic) bond motifs is 2. The quantitative estimate of drug-likeness (QED) is 0.671. The van der Waals surface area contributed by atoms with Crippen LogP contribution in [0.3, 0.4) is 0 Å². The van der Waals surface area contributed by atoms with Crippen molar-refractivity contribution in [3.63, 3.8) is 0 Å². The molecule has 0 bridgehead atoms. The molecule has 0 unspecified atom stereocenters. The maximum Gasteiger partial charge on any atom is 0.254 e. The summed E-state index contributed by atoms with van der Waals surface area (Å²) in [5.74, 6) is 0.874. The van der Waals surface area contributed by atoms with Crippen LogP contribution in [-0.2, 0) is 6.54 Å². The summed E-state index contributed by atoms with van der Waals surface area (Å²) >= 11 is 0. The van der Waals surface area contributed by atoms with Gasteiger partial charge in [0.05, 0.1) is 24.8 Å². The van der Waals surface area contributed by atoms with E-state index in [1.807, 2.05) is 25.1 Å². The van der Waals surface area contributed by atoms with E-state index < -0.39 is 0 Å². The molecule has 5 nitrogen and oxygen atoms in total. The topological polar surface area (TPSA) is 51.7 Å². The minimum Gasteiger partial charge on any atom is -0.493 e. The van der Waals surface area contributed by atoms with Gasteiger partial charge in [-0.2, -0.15) is 0 Å². The van der Waals surface area contributed by atoms with Crippen molar-refractivity contribution in [3.05, 3.63) is 65.1 Å². The van der Waals surface area contributed by atoms with Crippen LogP contribution in [-0.4, -0.2) is 36.1 Å². The van der Waals surface area contributed by atoms with E-state index in [1.54, 1.807) is 24.1 Å². The van der Waals surface area contributed by atoms with E-state index >= 15 is 0 Å². The van der Waals surface area contributed by atoms with Crippen molar-refractivity contribution in [1.29, 1.82) is 0 Å². The molecule has 6 heteroatoms. The summed E-state index contributed by atoms with van der Waals surface area (Å²) < 4.78 is 24.9. The summed E-state index contributed by atoms with van der Waals surface area (Å²) in [4.78, 5) is 19.6. The van der Waals surface area contributed by atoms with E-state index in [1.165, 1.54) is 12.1 Å². The molecule has 1 aromatic heterocycles. The van der Waals surface area contributed by atoms with Gasteiger partial charge in [-0.3, -0.25) is 9.78 Å². The molecule has 0 aliphatic carbocycles. The first-order valence-electron chi connectivity index (χ1n) is 9.21. The maximum absolute atomic E-state index is 13.6. The molecule has 28 heavy (non-hydrogen) atoms. The number of carbonyl (C=O) groups is 1.